The summed E-state index contributed by atoms with van der Waals surface area (Å²) in [6, 6.07) is 12.5. The lowest BCUT2D eigenvalue weighted by Gasteiger charge is -2.34. The van der Waals surface area contributed by atoms with Crippen molar-refractivity contribution in [3.8, 4) is 0 Å². The van der Waals surface area contributed by atoms with E-state index in [4.69, 9.17) is 16.6 Å². The molecule has 1 fully saturated rings. The molecule has 5 rings (SSSR count). The smallest absolute Gasteiger partial charge is 0.262 e. The number of imide groups is 1. The molecule has 2 aliphatic heterocycles. The van der Waals surface area contributed by atoms with Gasteiger partial charge in [0.1, 0.15) is 12.1 Å². The molecular weight excluding hydrogens is 462 g/mol. The van der Waals surface area contributed by atoms with E-state index < -0.39 is 11.8 Å². The van der Waals surface area contributed by atoms with Gasteiger partial charge in [0.2, 0.25) is 5.91 Å². The maximum atomic E-state index is 12.4. The minimum atomic E-state index is -0.419. The summed E-state index contributed by atoms with van der Waals surface area (Å²) in [4.78, 5) is 47.3. The third kappa shape index (κ3) is 4.31. The van der Waals surface area contributed by atoms with Crippen molar-refractivity contribution < 1.29 is 14.4 Å². The molecule has 170 valence electrons. The van der Waals surface area contributed by atoms with E-state index in [1.807, 2.05) is 18.2 Å². The van der Waals surface area contributed by atoms with Crippen molar-refractivity contribution in [3.63, 3.8) is 0 Å². The van der Waals surface area contributed by atoms with E-state index in [9.17, 15) is 14.4 Å². The Kier molecular flexibility index (Phi) is 6.01. The van der Waals surface area contributed by atoms with Gasteiger partial charge in [-0.25, -0.2) is 4.98 Å². The van der Waals surface area contributed by atoms with E-state index in [1.54, 1.807) is 35.6 Å². The molecule has 0 aliphatic carbocycles. The second-order valence-electron chi connectivity index (χ2n) is 8.00. The standard InChI is InChI=1S/C23H22ClN5O3S/c24-17-6-3-7-18-20(17)26-23(33-18)28-12-10-27(11-13-28)9-8-25-19(30)14-29-21(31)15-4-1-2-5-16(15)22(29)32/h1-7H,8-14H2,(H,25,30). The van der Waals surface area contributed by atoms with Crippen molar-refractivity contribution >= 4 is 56.0 Å². The van der Waals surface area contributed by atoms with Crippen LogP contribution >= 0.6 is 22.9 Å². The van der Waals surface area contributed by atoms with Gasteiger partial charge < -0.3 is 10.2 Å². The highest BCUT2D eigenvalue weighted by atomic mass is 35.5. The lowest BCUT2D eigenvalue weighted by molar-refractivity contribution is -0.121. The largest absolute Gasteiger partial charge is 0.353 e. The topological polar surface area (TPSA) is 85.8 Å². The Morgan fingerprint density at radius 3 is 2.36 bits per heavy atom. The molecule has 33 heavy (non-hydrogen) atoms. The van der Waals surface area contributed by atoms with Crippen LogP contribution in [-0.2, 0) is 4.79 Å². The number of nitrogens with zero attached hydrogens (tertiary/aromatic N) is 4. The SMILES string of the molecule is O=C(CN1C(=O)c2ccccc2C1=O)NCCN1CCN(c2nc3c(Cl)cccc3s2)CC1. The van der Waals surface area contributed by atoms with Gasteiger partial charge in [-0.05, 0) is 24.3 Å². The molecule has 2 aromatic carbocycles. The average Bonchev–Trinajstić information content (AvgIpc) is 3.37. The lowest BCUT2D eigenvalue weighted by Crippen LogP contribution is -2.49. The highest BCUT2D eigenvalue weighted by molar-refractivity contribution is 7.22. The average molecular weight is 484 g/mol. The fourth-order valence-corrected chi connectivity index (χ4v) is 5.45. The van der Waals surface area contributed by atoms with Gasteiger partial charge in [0.05, 0.1) is 20.8 Å². The summed E-state index contributed by atoms with van der Waals surface area (Å²) in [5, 5.41) is 4.48. The van der Waals surface area contributed by atoms with Crippen LogP contribution in [0.25, 0.3) is 10.2 Å². The first-order valence-corrected chi connectivity index (χ1v) is 11.9. The lowest BCUT2D eigenvalue weighted by atomic mass is 10.1. The van der Waals surface area contributed by atoms with E-state index in [0.29, 0.717) is 29.2 Å². The summed E-state index contributed by atoms with van der Waals surface area (Å²) < 4.78 is 1.08. The molecule has 1 saturated heterocycles. The molecule has 0 spiro atoms. The molecule has 3 heterocycles. The number of para-hydroxylation sites is 1. The third-order valence-electron chi connectivity index (χ3n) is 5.93. The normalized spacial score (nSPS) is 16.5. The minimum absolute atomic E-state index is 0.264. The summed E-state index contributed by atoms with van der Waals surface area (Å²) in [5.74, 6) is -1.18. The molecule has 0 radical (unpaired) electrons. The first kappa shape index (κ1) is 21.8. The Morgan fingerprint density at radius 2 is 1.70 bits per heavy atom. The Bertz CT molecular complexity index is 1200. The summed E-state index contributed by atoms with van der Waals surface area (Å²) >= 11 is 7.90. The number of benzene rings is 2. The zero-order chi connectivity index (χ0) is 22.9. The van der Waals surface area contributed by atoms with Crippen LogP contribution in [0.15, 0.2) is 42.5 Å². The molecule has 3 aromatic rings. The van der Waals surface area contributed by atoms with Gasteiger partial charge in [0.15, 0.2) is 5.13 Å². The van der Waals surface area contributed by atoms with E-state index in [1.165, 1.54) is 0 Å². The van der Waals surface area contributed by atoms with Crippen LogP contribution in [0.3, 0.4) is 0 Å². The molecule has 0 bridgehead atoms. The molecule has 1 aromatic heterocycles. The molecule has 10 heteroatoms. The van der Waals surface area contributed by atoms with Crippen molar-refractivity contribution in [2.45, 2.75) is 0 Å². The molecular formula is C23H22ClN5O3S. The number of amides is 3. The number of rotatable bonds is 6. The van der Waals surface area contributed by atoms with Crippen LogP contribution in [0.4, 0.5) is 5.13 Å². The Labute approximate surface area is 199 Å². The first-order valence-electron chi connectivity index (χ1n) is 10.8. The second kappa shape index (κ2) is 9.09. The van der Waals surface area contributed by atoms with Gasteiger partial charge in [0.25, 0.3) is 11.8 Å². The number of carbonyl (C=O) groups is 3. The Hall–Kier alpha value is -3.01. The van der Waals surface area contributed by atoms with Crippen LogP contribution in [-0.4, -0.2) is 78.3 Å². The van der Waals surface area contributed by atoms with E-state index in [-0.39, 0.29) is 12.5 Å². The number of carbonyl (C=O) groups excluding carboxylic acids is 3. The van der Waals surface area contributed by atoms with E-state index in [0.717, 1.165) is 46.4 Å². The number of thiazole rings is 1. The predicted octanol–water partition coefficient (Wildman–Crippen LogP) is 2.48. The summed E-state index contributed by atoms with van der Waals surface area (Å²) in [6.07, 6.45) is 0. The maximum absolute atomic E-state index is 12.4. The summed E-state index contributed by atoms with van der Waals surface area (Å²) in [7, 11) is 0. The Balaban J connectivity index is 1.07. The van der Waals surface area contributed by atoms with Gasteiger partial charge in [0, 0.05) is 39.3 Å². The predicted molar refractivity (Wildman–Crippen MR) is 128 cm³/mol. The number of hydrogen-bond acceptors (Lipinski definition) is 7. The molecule has 3 amide bonds. The molecule has 0 atom stereocenters. The highest BCUT2D eigenvalue weighted by Gasteiger charge is 2.36. The van der Waals surface area contributed by atoms with Gasteiger partial charge in [-0.3, -0.25) is 24.2 Å². The molecule has 8 nitrogen and oxygen atoms in total. The van der Waals surface area contributed by atoms with E-state index >= 15 is 0 Å². The first-order chi connectivity index (χ1) is 16.0. The summed E-state index contributed by atoms with van der Waals surface area (Å²) in [5.41, 5.74) is 1.55. The van der Waals surface area contributed by atoms with Crippen molar-refractivity contribution in [1.29, 1.82) is 0 Å². The maximum Gasteiger partial charge on any atom is 0.262 e. The molecule has 1 N–H and O–H groups in total. The summed E-state index contributed by atoms with van der Waals surface area (Å²) in [6.45, 7) is 4.31. The Morgan fingerprint density at radius 1 is 1.00 bits per heavy atom. The second-order valence-corrected chi connectivity index (χ2v) is 9.42. The van der Waals surface area contributed by atoms with Crippen LogP contribution in [0.1, 0.15) is 20.7 Å². The molecule has 0 saturated carbocycles. The molecule has 0 unspecified atom stereocenters. The van der Waals surface area contributed by atoms with E-state index in [2.05, 4.69) is 15.1 Å². The zero-order valence-corrected chi connectivity index (χ0v) is 19.4. The third-order valence-corrected chi connectivity index (χ3v) is 7.32. The minimum Gasteiger partial charge on any atom is -0.353 e. The van der Waals surface area contributed by atoms with Crippen molar-refractivity contribution in [2.75, 3.05) is 50.7 Å². The number of piperazine rings is 1. The van der Waals surface area contributed by atoms with Gasteiger partial charge in [-0.2, -0.15) is 0 Å². The number of aromatic nitrogens is 1. The quantitative estimate of drug-likeness (QED) is 0.542. The zero-order valence-electron chi connectivity index (χ0n) is 17.8. The monoisotopic (exact) mass is 483 g/mol. The van der Waals surface area contributed by atoms with Gasteiger partial charge in [-0.15, -0.1) is 0 Å². The van der Waals surface area contributed by atoms with Gasteiger partial charge >= 0.3 is 0 Å². The number of anilines is 1. The van der Waals surface area contributed by atoms with Crippen LogP contribution in [0.5, 0.6) is 0 Å². The van der Waals surface area contributed by atoms with Crippen molar-refractivity contribution in [2.24, 2.45) is 0 Å². The fraction of sp³-hybridized carbons (Fsp3) is 0.304. The van der Waals surface area contributed by atoms with Crippen LogP contribution in [0, 0.1) is 0 Å². The molecule has 2 aliphatic rings. The van der Waals surface area contributed by atoms with Gasteiger partial charge in [-0.1, -0.05) is 41.1 Å². The van der Waals surface area contributed by atoms with Crippen molar-refractivity contribution in [1.82, 2.24) is 20.1 Å². The van der Waals surface area contributed by atoms with Crippen LogP contribution < -0.4 is 10.2 Å². The highest BCUT2D eigenvalue weighted by Crippen LogP contribution is 2.33. The number of fused-ring (bicyclic) bond motifs is 2. The van der Waals surface area contributed by atoms with Crippen LogP contribution in [0.2, 0.25) is 5.02 Å². The number of halogens is 1. The van der Waals surface area contributed by atoms with Crippen molar-refractivity contribution in [3.05, 3.63) is 58.6 Å². The fourth-order valence-electron chi connectivity index (χ4n) is 4.14. The number of nitrogens with one attached hydrogen (secondary N) is 1. The number of hydrogen-bond donors (Lipinski definition) is 1.